The van der Waals surface area contributed by atoms with Crippen LogP contribution in [0.5, 0.6) is 0 Å². The second-order valence-corrected chi connectivity index (χ2v) is 12.3. The number of methoxy groups -OCH3 is 2. The van der Waals surface area contributed by atoms with E-state index in [0.717, 1.165) is 18.4 Å². The zero-order valence-electron chi connectivity index (χ0n) is 27.2. The molecule has 0 radical (unpaired) electrons. The Balaban J connectivity index is 2.18. The smallest absolute Gasteiger partial charge is 0.326 e. The quantitative estimate of drug-likeness (QED) is 0.278. The number of nitrogens with zero attached hydrogens (tertiary/aromatic N) is 2. The lowest BCUT2D eigenvalue weighted by Crippen LogP contribution is -2.54. The summed E-state index contributed by atoms with van der Waals surface area (Å²) in [5, 5.41) is 12.5. The van der Waals surface area contributed by atoms with Gasteiger partial charge in [-0.2, -0.15) is 0 Å². The third-order valence-corrected chi connectivity index (χ3v) is 8.78. The number of ether oxygens (including phenoxy) is 2. The molecule has 1 aliphatic heterocycles. The summed E-state index contributed by atoms with van der Waals surface area (Å²) >= 11 is 0. The van der Waals surface area contributed by atoms with Gasteiger partial charge in [0, 0.05) is 40.7 Å². The Hall–Kier alpha value is -2.98. The van der Waals surface area contributed by atoms with E-state index in [4.69, 9.17) is 9.47 Å². The maximum atomic E-state index is 13.8. The molecule has 4 unspecified atom stereocenters. The molecule has 1 aromatic rings. The highest BCUT2D eigenvalue weighted by molar-refractivity contribution is 5.85. The number of likely N-dealkylation sites (tertiary alicyclic amines) is 1. The Morgan fingerprint density at radius 1 is 1.05 bits per heavy atom. The monoisotopic (exact) mass is 603 g/mol. The van der Waals surface area contributed by atoms with Gasteiger partial charge in [-0.25, -0.2) is 4.79 Å². The molecule has 1 fully saturated rings. The molecule has 0 saturated carbocycles. The molecular formula is C33H53N3O7. The lowest BCUT2D eigenvalue weighted by Gasteiger charge is -2.39. The summed E-state index contributed by atoms with van der Waals surface area (Å²) in [7, 11) is 4.88. The van der Waals surface area contributed by atoms with Crippen LogP contribution in [0.15, 0.2) is 30.3 Å². The summed E-state index contributed by atoms with van der Waals surface area (Å²) < 4.78 is 11.7. The van der Waals surface area contributed by atoms with Gasteiger partial charge in [-0.1, -0.05) is 71.4 Å². The first-order valence-electron chi connectivity index (χ1n) is 15.5. The molecule has 1 aromatic carbocycles. The summed E-state index contributed by atoms with van der Waals surface area (Å²) in [5.74, 6) is -2.02. The molecule has 242 valence electrons. The Morgan fingerprint density at radius 3 is 2.23 bits per heavy atom. The molecule has 10 nitrogen and oxygen atoms in total. The number of carboxylic acid groups (broad SMARTS) is 1. The van der Waals surface area contributed by atoms with Crippen LogP contribution >= 0.6 is 0 Å². The van der Waals surface area contributed by atoms with E-state index >= 15 is 0 Å². The molecule has 7 atom stereocenters. The van der Waals surface area contributed by atoms with Crippen molar-refractivity contribution in [3.63, 3.8) is 0 Å². The van der Waals surface area contributed by atoms with Gasteiger partial charge in [-0.05, 0) is 30.2 Å². The van der Waals surface area contributed by atoms with Gasteiger partial charge in [0.15, 0.2) is 0 Å². The van der Waals surface area contributed by atoms with Gasteiger partial charge in [0.25, 0.3) is 0 Å². The van der Waals surface area contributed by atoms with Gasteiger partial charge in [0.2, 0.25) is 17.7 Å². The zero-order chi connectivity index (χ0) is 32.3. The van der Waals surface area contributed by atoms with Crippen LogP contribution < -0.4 is 5.32 Å². The number of carbonyl (C=O) groups is 4. The third-order valence-electron chi connectivity index (χ3n) is 8.78. The van der Waals surface area contributed by atoms with Crippen LogP contribution in [0.3, 0.4) is 0 Å². The molecular weight excluding hydrogens is 550 g/mol. The highest BCUT2D eigenvalue weighted by Crippen LogP contribution is 2.29. The van der Waals surface area contributed by atoms with Crippen molar-refractivity contribution in [2.75, 3.05) is 27.8 Å². The minimum atomic E-state index is -1.12. The predicted molar refractivity (Wildman–Crippen MR) is 165 cm³/mol. The fourth-order valence-electron chi connectivity index (χ4n) is 6.17. The number of amides is 3. The van der Waals surface area contributed by atoms with Crippen LogP contribution in [0.2, 0.25) is 0 Å². The van der Waals surface area contributed by atoms with E-state index in [-0.39, 0.29) is 48.6 Å². The lowest BCUT2D eigenvalue weighted by molar-refractivity contribution is -0.147. The van der Waals surface area contributed by atoms with Crippen LogP contribution in [-0.4, -0.2) is 96.7 Å². The highest BCUT2D eigenvalue weighted by atomic mass is 16.5. The predicted octanol–water partition coefficient (Wildman–Crippen LogP) is 3.76. The number of carbonyl (C=O) groups excluding carboxylic acids is 3. The number of benzene rings is 1. The normalized spacial score (nSPS) is 19.3. The van der Waals surface area contributed by atoms with Crippen molar-refractivity contribution in [1.82, 2.24) is 15.1 Å². The number of aliphatic carboxylic acids is 1. The van der Waals surface area contributed by atoms with Crippen LogP contribution in [0.1, 0.15) is 72.3 Å². The second kappa shape index (κ2) is 17.3. The number of rotatable bonds is 17. The Morgan fingerprint density at radius 2 is 1.70 bits per heavy atom. The summed E-state index contributed by atoms with van der Waals surface area (Å²) in [4.78, 5) is 55.6. The van der Waals surface area contributed by atoms with Crippen molar-refractivity contribution < 1.29 is 33.8 Å². The molecule has 1 saturated heterocycles. The first-order chi connectivity index (χ1) is 20.4. The standard InChI is InChI=1S/C33H53N3O7/c1-9-22(4)30(35(6)28(37)18-21(2)3)27(42-7)20-29(38)36-17-13-16-26(36)31(43-8)23(5)32(39)34-25(33(40)41)19-24-14-11-10-12-15-24/h10-12,14-15,21-23,25-27,30-31H,9,13,16-20H2,1-8H3,(H,34,39)(H,40,41)/t22-,23?,25?,26-,27?,30-,31?/m0/s1. The Bertz CT molecular complexity index is 1050. The van der Waals surface area contributed by atoms with E-state index in [9.17, 15) is 24.3 Å². The number of nitrogens with one attached hydrogen (secondary N) is 1. The highest BCUT2D eigenvalue weighted by Gasteiger charge is 2.42. The van der Waals surface area contributed by atoms with E-state index in [1.807, 2.05) is 44.2 Å². The van der Waals surface area contributed by atoms with Crippen molar-refractivity contribution in [1.29, 1.82) is 0 Å². The van der Waals surface area contributed by atoms with E-state index < -0.39 is 36.0 Å². The minimum absolute atomic E-state index is 0.0278. The summed E-state index contributed by atoms with van der Waals surface area (Å²) in [6.45, 7) is 10.4. The average Bonchev–Trinajstić information content (AvgIpc) is 3.46. The zero-order valence-corrected chi connectivity index (χ0v) is 27.2. The molecule has 3 amide bonds. The summed E-state index contributed by atoms with van der Waals surface area (Å²) in [6, 6.07) is 7.43. The molecule has 43 heavy (non-hydrogen) atoms. The summed E-state index contributed by atoms with van der Waals surface area (Å²) in [6.07, 6.45) is 1.79. The number of hydrogen-bond donors (Lipinski definition) is 2. The molecule has 2 rings (SSSR count). The van der Waals surface area contributed by atoms with Crippen LogP contribution in [-0.2, 0) is 35.1 Å². The first kappa shape index (κ1) is 36.2. The maximum Gasteiger partial charge on any atom is 0.326 e. The van der Waals surface area contributed by atoms with Gasteiger partial charge >= 0.3 is 5.97 Å². The van der Waals surface area contributed by atoms with Crippen molar-refractivity contribution >= 4 is 23.7 Å². The third kappa shape index (κ3) is 10.0. The number of carboxylic acids is 1. The van der Waals surface area contributed by atoms with Crippen LogP contribution in [0.4, 0.5) is 0 Å². The van der Waals surface area contributed by atoms with Gasteiger partial charge < -0.3 is 29.7 Å². The summed E-state index contributed by atoms with van der Waals surface area (Å²) in [5.41, 5.74) is 0.804. The topological polar surface area (TPSA) is 125 Å². The van der Waals surface area contributed by atoms with Gasteiger partial charge in [0.05, 0.1) is 36.6 Å². The first-order valence-corrected chi connectivity index (χ1v) is 15.5. The van der Waals surface area contributed by atoms with Crippen molar-refractivity contribution in [2.45, 2.75) is 103 Å². The molecule has 0 aromatic heterocycles. The molecule has 0 bridgehead atoms. The van der Waals surface area contributed by atoms with Crippen molar-refractivity contribution in [3.8, 4) is 0 Å². The van der Waals surface area contributed by atoms with Gasteiger partial charge in [-0.3, -0.25) is 14.4 Å². The van der Waals surface area contributed by atoms with Crippen molar-refractivity contribution in [3.05, 3.63) is 35.9 Å². The van der Waals surface area contributed by atoms with Gasteiger partial charge in [0.1, 0.15) is 6.04 Å². The van der Waals surface area contributed by atoms with E-state index in [0.29, 0.717) is 19.4 Å². The van der Waals surface area contributed by atoms with E-state index in [1.165, 1.54) is 7.11 Å². The van der Waals surface area contributed by atoms with Gasteiger partial charge in [-0.15, -0.1) is 0 Å². The molecule has 10 heteroatoms. The van der Waals surface area contributed by atoms with Crippen LogP contribution in [0, 0.1) is 17.8 Å². The largest absolute Gasteiger partial charge is 0.480 e. The fraction of sp³-hybridized carbons (Fsp3) is 0.697. The molecule has 0 aliphatic carbocycles. The lowest BCUT2D eigenvalue weighted by atomic mass is 9.90. The Kier molecular flexibility index (Phi) is 14.6. The van der Waals surface area contributed by atoms with E-state index in [1.54, 1.807) is 30.9 Å². The maximum absolute atomic E-state index is 13.8. The number of hydrogen-bond acceptors (Lipinski definition) is 6. The molecule has 1 aliphatic rings. The van der Waals surface area contributed by atoms with E-state index in [2.05, 4.69) is 19.2 Å². The second-order valence-electron chi connectivity index (χ2n) is 12.3. The Labute approximate surface area is 257 Å². The van der Waals surface area contributed by atoms with Crippen LogP contribution in [0.25, 0.3) is 0 Å². The average molecular weight is 604 g/mol. The SMILES string of the molecule is CC[C@H](C)[C@@H](C(CC(=O)N1CCC[C@H]1C(OC)C(C)C(=O)NC(Cc1ccccc1)C(=O)O)OC)N(C)C(=O)CC(C)C. The molecule has 2 N–H and O–H groups in total. The van der Waals surface area contributed by atoms with Crippen molar-refractivity contribution in [2.24, 2.45) is 17.8 Å². The number of likely N-dealkylation sites (N-methyl/N-ethyl adjacent to an activating group) is 1. The fourth-order valence-corrected chi connectivity index (χ4v) is 6.17. The minimum Gasteiger partial charge on any atom is -0.480 e. The molecule has 1 heterocycles. The molecule has 0 spiro atoms.